The first-order chi connectivity index (χ1) is 9.58. The summed E-state index contributed by atoms with van der Waals surface area (Å²) < 4.78 is 1.47. The molecule has 1 unspecified atom stereocenters. The number of hydrogen-bond donors (Lipinski definition) is 1. The van der Waals surface area contributed by atoms with Gasteiger partial charge in [-0.2, -0.15) is 0 Å². The number of aryl methyl sites for hydroxylation is 1. The van der Waals surface area contributed by atoms with Crippen LogP contribution in [-0.2, 0) is 7.05 Å². The molecule has 0 spiro atoms. The van der Waals surface area contributed by atoms with Crippen LogP contribution in [0.1, 0.15) is 32.6 Å². The van der Waals surface area contributed by atoms with Gasteiger partial charge in [0.25, 0.3) is 0 Å². The fourth-order valence-corrected chi connectivity index (χ4v) is 2.71. The maximum absolute atomic E-state index is 10.9. The van der Waals surface area contributed by atoms with Gasteiger partial charge >= 0.3 is 5.69 Å². The number of aromatic nitrogens is 2. The number of rotatable bonds is 6. The normalized spacial score (nSPS) is 20.0. The summed E-state index contributed by atoms with van der Waals surface area (Å²) in [6.45, 7) is 5.19. The zero-order chi connectivity index (χ0) is 14.5. The fourth-order valence-electron chi connectivity index (χ4n) is 2.71. The van der Waals surface area contributed by atoms with E-state index in [1.165, 1.54) is 36.7 Å². The molecule has 2 heterocycles. The van der Waals surface area contributed by atoms with E-state index in [4.69, 9.17) is 0 Å². The minimum Gasteiger partial charge on any atom is -0.363 e. The quantitative estimate of drug-likeness (QED) is 0.490. The summed E-state index contributed by atoms with van der Waals surface area (Å²) in [6, 6.07) is 0.660. The van der Waals surface area contributed by atoms with Crippen LogP contribution in [0.2, 0.25) is 0 Å². The highest BCUT2D eigenvalue weighted by atomic mass is 16.6. The number of likely N-dealkylation sites (tertiary alicyclic amines) is 1. The van der Waals surface area contributed by atoms with E-state index in [0.29, 0.717) is 18.4 Å². The monoisotopic (exact) mass is 281 g/mol. The van der Waals surface area contributed by atoms with Crippen LogP contribution in [0.3, 0.4) is 0 Å². The smallest absolute Gasteiger partial charge is 0.330 e. The highest BCUT2D eigenvalue weighted by Crippen LogP contribution is 2.21. The standard InChI is InChI=1S/C13H23N5O2/c1-11-6-3-4-8-17(11)9-5-7-14-13-12(18(19)20)10-16(2)15-13/h10-11H,3-9H2,1-2H3,(H,14,15). The molecule has 1 aromatic rings. The lowest BCUT2D eigenvalue weighted by Crippen LogP contribution is -2.38. The van der Waals surface area contributed by atoms with Gasteiger partial charge in [0.1, 0.15) is 6.20 Å². The number of nitro groups is 1. The Labute approximate surface area is 119 Å². The van der Waals surface area contributed by atoms with Crippen LogP contribution >= 0.6 is 0 Å². The first-order valence-corrected chi connectivity index (χ1v) is 7.24. The zero-order valence-corrected chi connectivity index (χ0v) is 12.2. The summed E-state index contributed by atoms with van der Waals surface area (Å²) in [4.78, 5) is 13.0. The van der Waals surface area contributed by atoms with Crippen molar-refractivity contribution in [3.8, 4) is 0 Å². The van der Waals surface area contributed by atoms with Gasteiger partial charge < -0.3 is 10.2 Å². The molecule has 0 aromatic carbocycles. The molecule has 1 N–H and O–H groups in total. The Kier molecular flexibility index (Phi) is 4.94. The fraction of sp³-hybridized carbons (Fsp3) is 0.769. The lowest BCUT2D eigenvalue weighted by atomic mass is 10.0. The van der Waals surface area contributed by atoms with E-state index in [0.717, 1.165) is 13.0 Å². The summed E-state index contributed by atoms with van der Waals surface area (Å²) in [5.74, 6) is 0.365. The molecule has 1 aliphatic rings. The van der Waals surface area contributed by atoms with Crippen LogP contribution in [0.4, 0.5) is 11.5 Å². The Bertz CT molecular complexity index is 460. The molecule has 7 nitrogen and oxygen atoms in total. The van der Waals surface area contributed by atoms with Crippen molar-refractivity contribution in [3.63, 3.8) is 0 Å². The van der Waals surface area contributed by atoms with Crippen LogP contribution < -0.4 is 5.32 Å². The number of piperidine rings is 1. The third-order valence-corrected chi connectivity index (χ3v) is 3.86. The third kappa shape index (κ3) is 3.69. The molecule has 1 fully saturated rings. The van der Waals surface area contributed by atoms with E-state index in [1.54, 1.807) is 7.05 Å². The highest BCUT2D eigenvalue weighted by molar-refractivity contribution is 5.54. The zero-order valence-electron chi connectivity index (χ0n) is 12.2. The maximum atomic E-state index is 10.9. The average molecular weight is 281 g/mol. The van der Waals surface area contributed by atoms with Crippen molar-refractivity contribution in [2.24, 2.45) is 7.05 Å². The Hall–Kier alpha value is -1.63. The van der Waals surface area contributed by atoms with Gasteiger partial charge in [-0.25, -0.2) is 0 Å². The molecule has 20 heavy (non-hydrogen) atoms. The summed E-state index contributed by atoms with van der Waals surface area (Å²) in [6.07, 6.45) is 6.28. The van der Waals surface area contributed by atoms with E-state index in [-0.39, 0.29) is 5.69 Å². The lowest BCUT2D eigenvalue weighted by Gasteiger charge is -2.33. The number of hydrogen-bond acceptors (Lipinski definition) is 5. The van der Waals surface area contributed by atoms with Crippen molar-refractivity contribution >= 4 is 11.5 Å². The van der Waals surface area contributed by atoms with E-state index in [1.807, 2.05) is 0 Å². The highest BCUT2D eigenvalue weighted by Gasteiger charge is 2.19. The van der Waals surface area contributed by atoms with Crippen molar-refractivity contribution in [1.82, 2.24) is 14.7 Å². The number of anilines is 1. The van der Waals surface area contributed by atoms with Crippen LogP contribution in [0.15, 0.2) is 6.20 Å². The Morgan fingerprint density at radius 3 is 3.05 bits per heavy atom. The second kappa shape index (κ2) is 6.69. The molecule has 1 aromatic heterocycles. The predicted octanol–water partition coefficient (Wildman–Crippen LogP) is 2.00. The van der Waals surface area contributed by atoms with Gasteiger partial charge in [0.2, 0.25) is 5.82 Å². The average Bonchev–Trinajstić information content (AvgIpc) is 2.78. The molecule has 0 amide bonds. The van der Waals surface area contributed by atoms with Crippen LogP contribution in [0, 0.1) is 10.1 Å². The van der Waals surface area contributed by atoms with Crippen molar-refractivity contribution in [1.29, 1.82) is 0 Å². The first kappa shape index (κ1) is 14.8. The van der Waals surface area contributed by atoms with Gasteiger partial charge in [-0.15, -0.1) is 5.10 Å². The molecule has 1 saturated heterocycles. The molecule has 0 radical (unpaired) electrons. The molecule has 2 rings (SSSR count). The molecule has 1 atom stereocenters. The molecular weight excluding hydrogens is 258 g/mol. The van der Waals surface area contributed by atoms with Gasteiger partial charge in [0.05, 0.1) is 4.92 Å². The van der Waals surface area contributed by atoms with Gasteiger partial charge in [-0.3, -0.25) is 14.8 Å². The van der Waals surface area contributed by atoms with Crippen LogP contribution in [0.5, 0.6) is 0 Å². The minimum absolute atomic E-state index is 0.0406. The van der Waals surface area contributed by atoms with Crippen LogP contribution in [0.25, 0.3) is 0 Å². The van der Waals surface area contributed by atoms with Crippen molar-refractivity contribution in [2.75, 3.05) is 25.0 Å². The molecule has 1 aliphatic heterocycles. The molecule has 0 saturated carbocycles. The Morgan fingerprint density at radius 1 is 1.55 bits per heavy atom. The predicted molar refractivity (Wildman–Crippen MR) is 77.9 cm³/mol. The first-order valence-electron chi connectivity index (χ1n) is 7.24. The molecular formula is C13H23N5O2. The molecule has 0 aliphatic carbocycles. The maximum Gasteiger partial charge on any atom is 0.330 e. The lowest BCUT2D eigenvalue weighted by molar-refractivity contribution is -0.384. The Balaban J connectivity index is 1.77. The van der Waals surface area contributed by atoms with Crippen molar-refractivity contribution < 1.29 is 4.92 Å². The van der Waals surface area contributed by atoms with Crippen molar-refractivity contribution in [2.45, 2.75) is 38.6 Å². The van der Waals surface area contributed by atoms with E-state index in [2.05, 4.69) is 22.2 Å². The second-order valence-electron chi connectivity index (χ2n) is 5.45. The van der Waals surface area contributed by atoms with Gasteiger partial charge in [0, 0.05) is 26.2 Å². The number of nitrogens with one attached hydrogen (secondary N) is 1. The summed E-state index contributed by atoms with van der Waals surface area (Å²) in [5, 5.41) is 18.0. The van der Waals surface area contributed by atoms with Crippen LogP contribution in [-0.4, -0.2) is 45.3 Å². The Morgan fingerprint density at radius 2 is 2.35 bits per heavy atom. The topological polar surface area (TPSA) is 76.2 Å². The van der Waals surface area contributed by atoms with Crippen molar-refractivity contribution in [3.05, 3.63) is 16.3 Å². The largest absolute Gasteiger partial charge is 0.363 e. The SMILES string of the molecule is CC1CCCCN1CCCNc1nn(C)cc1[N+](=O)[O-]. The molecule has 112 valence electrons. The van der Waals surface area contributed by atoms with E-state index >= 15 is 0 Å². The van der Waals surface area contributed by atoms with Gasteiger partial charge in [0.15, 0.2) is 0 Å². The molecule has 7 heteroatoms. The van der Waals surface area contributed by atoms with Gasteiger partial charge in [-0.05, 0) is 32.7 Å². The van der Waals surface area contributed by atoms with E-state index < -0.39 is 4.92 Å². The minimum atomic E-state index is -0.401. The third-order valence-electron chi connectivity index (χ3n) is 3.86. The summed E-state index contributed by atoms with van der Waals surface area (Å²) >= 11 is 0. The van der Waals surface area contributed by atoms with E-state index in [9.17, 15) is 10.1 Å². The molecule has 0 bridgehead atoms. The summed E-state index contributed by atoms with van der Waals surface area (Å²) in [5.41, 5.74) is 0.0406. The number of nitrogens with zero attached hydrogens (tertiary/aromatic N) is 4. The second-order valence-corrected chi connectivity index (χ2v) is 5.45. The van der Waals surface area contributed by atoms with Gasteiger partial charge in [-0.1, -0.05) is 6.42 Å². The summed E-state index contributed by atoms with van der Waals surface area (Å²) in [7, 11) is 1.69.